The van der Waals surface area contributed by atoms with Crippen LogP contribution < -0.4 is 10.0 Å². The highest BCUT2D eigenvalue weighted by Crippen LogP contribution is 2.29. The number of imidazole rings is 1. The van der Waals surface area contributed by atoms with Gasteiger partial charge in [-0.3, -0.25) is 0 Å². The molecule has 1 saturated carbocycles. The number of benzene rings is 2. The Kier molecular flexibility index (Phi) is 8.66. The molecule has 0 atom stereocenters. The van der Waals surface area contributed by atoms with Gasteiger partial charge in [0.2, 0.25) is 10.0 Å². The first-order valence-electron chi connectivity index (χ1n) is 11.5. The first-order valence-corrected chi connectivity index (χ1v) is 14.1. The van der Waals surface area contributed by atoms with Gasteiger partial charge in [-0.15, -0.1) is 0 Å². The zero-order valence-electron chi connectivity index (χ0n) is 19.2. The van der Waals surface area contributed by atoms with Crippen LogP contribution in [-0.4, -0.2) is 43.7 Å². The number of hydrogen-bond acceptors (Lipinski definition) is 5. The van der Waals surface area contributed by atoms with Gasteiger partial charge in [-0.1, -0.05) is 17.7 Å². The highest BCUT2D eigenvalue weighted by atomic mass is 79.9. The molecule has 3 aromatic rings. The maximum atomic E-state index is 13.9. The molecule has 8 nitrogen and oxygen atoms in total. The number of rotatable bonds is 9. The number of amides is 1. The van der Waals surface area contributed by atoms with Crippen molar-refractivity contribution in [1.29, 1.82) is 0 Å². The minimum absolute atomic E-state index is 0.0285. The number of carbonyl (C=O) groups is 1. The van der Waals surface area contributed by atoms with E-state index in [4.69, 9.17) is 16.3 Å². The lowest BCUT2D eigenvalue weighted by Gasteiger charge is -2.12. The van der Waals surface area contributed by atoms with Crippen LogP contribution in [0.1, 0.15) is 32.1 Å². The van der Waals surface area contributed by atoms with Crippen molar-refractivity contribution in [2.24, 2.45) is 0 Å². The van der Waals surface area contributed by atoms with Gasteiger partial charge in [0.05, 0.1) is 15.2 Å². The van der Waals surface area contributed by atoms with Crippen LogP contribution in [0.2, 0.25) is 5.02 Å². The summed E-state index contributed by atoms with van der Waals surface area (Å²) in [6.07, 6.45) is 5.38. The van der Waals surface area contributed by atoms with E-state index >= 15 is 0 Å². The number of ether oxygens (including phenoxy) is 1. The maximum Gasteiger partial charge on any atom is 0.407 e. The van der Waals surface area contributed by atoms with Crippen LogP contribution in [0.15, 0.2) is 52.0 Å². The standard InChI is InChI=1S/C24H25BrClFN4O4S/c25-18-8-6-15(12-20(18)27)21-14-29-23(31-21)16-7-9-19(26)22(13-16)36(33,34)30-11-3-10-28-24(32)35-17-4-1-2-5-17/h6-9,12-14,17,30H,1-5,10-11H2,(H,28,32)(H,29,31). The molecule has 1 fully saturated rings. The van der Waals surface area contributed by atoms with E-state index in [1.54, 1.807) is 24.4 Å². The van der Waals surface area contributed by atoms with Crippen LogP contribution in [0, 0.1) is 5.82 Å². The van der Waals surface area contributed by atoms with Crippen molar-refractivity contribution < 1.29 is 22.3 Å². The summed E-state index contributed by atoms with van der Waals surface area (Å²) in [5.41, 5.74) is 1.58. The smallest absolute Gasteiger partial charge is 0.407 e. The first kappa shape index (κ1) is 26.6. The first-order chi connectivity index (χ1) is 17.2. The van der Waals surface area contributed by atoms with Crippen LogP contribution in [-0.2, 0) is 14.8 Å². The average molecular weight is 600 g/mol. The van der Waals surface area contributed by atoms with Gasteiger partial charge >= 0.3 is 6.09 Å². The molecule has 0 aliphatic heterocycles. The molecule has 0 bridgehead atoms. The van der Waals surface area contributed by atoms with Crippen LogP contribution in [0.25, 0.3) is 22.6 Å². The lowest BCUT2D eigenvalue weighted by molar-refractivity contribution is 0.101. The summed E-state index contributed by atoms with van der Waals surface area (Å²) in [6.45, 7) is 0.375. The molecular formula is C24H25BrClFN4O4S. The molecule has 0 unspecified atom stereocenters. The summed E-state index contributed by atoms with van der Waals surface area (Å²) < 4.78 is 47.8. The number of hydrogen-bond donors (Lipinski definition) is 3. The molecule has 1 amide bonds. The molecule has 4 rings (SSSR count). The van der Waals surface area contributed by atoms with Gasteiger partial charge in [-0.2, -0.15) is 0 Å². The van der Waals surface area contributed by atoms with Crippen molar-refractivity contribution in [1.82, 2.24) is 20.0 Å². The summed E-state index contributed by atoms with van der Waals surface area (Å²) in [5, 5.41) is 2.70. The van der Waals surface area contributed by atoms with Gasteiger partial charge in [-0.05, 0) is 78.4 Å². The Hall–Kier alpha value is -2.47. The average Bonchev–Trinajstić information content (AvgIpc) is 3.53. The van der Waals surface area contributed by atoms with Crippen molar-refractivity contribution in [3.8, 4) is 22.6 Å². The number of sulfonamides is 1. The number of nitrogens with one attached hydrogen (secondary N) is 3. The predicted molar refractivity (Wildman–Crippen MR) is 139 cm³/mol. The molecule has 12 heteroatoms. The van der Waals surface area contributed by atoms with Crippen LogP contribution in [0.3, 0.4) is 0 Å². The number of aromatic nitrogens is 2. The normalized spacial score (nSPS) is 14.2. The minimum Gasteiger partial charge on any atom is -0.446 e. The number of aromatic amines is 1. The Labute approximate surface area is 222 Å². The molecule has 1 aliphatic rings. The fourth-order valence-electron chi connectivity index (χ4n) is 3.89. The summed E-state index contributed by atoms with van der Waals surface area (Å²) in [7, 11) is -3.92. The molecule has 1 heterocycles. The Balaban J connectivity index is 1.36. The summed E-state index contributed by atoms with van der Waals surface area (Å²) in [5.74, 6) is -0.00433. The number of carbonyl (C=O) groups excluding carboxylic acids is 1. The topological polar surface area (TPSA) is 113 Å². The molecule has 1 aromatic heterocycles. The molecule has 36 heavy (non-hydrogen) atoms. The van der Waals surface area contributed by atoms with Crippen molar-refractivity contribution in [2.75, 3.05) is 13.1 Å². The maximum absolute atomic E-state index is 13.9. The summed E-state index contributed by atoms with van der Waals surface area (Å²) >= 11 is 9.32. The quantitative estimate of drug-likeness (QED) is 0.276. The molecule has 1 aliphatic carbocycles. The van der Waals surface area contributed by atoms with Crippen molar-refractivity contribution in [3.05, 3.63) is 57.9 Å². The molecule has 192 valence electrons. The van der Waals surface area contributed by atoms with Gasteiger partial charge in [-0.25, -0.2) is 27.3 Å². The van der Waals surface area contributed by atoms with E-state index < -0.39 is 21.9 Å². The second-order valence-corrected chi connectivity index (χ2v) is 11.4. The summed E-state index contributed by atoms with van der Waals surface area (Å²) in [4.78, 5) is 19.2. The third-order valence-corrected chi connectivity index (χ3v) is 8.36. The molecule has 3 N–H and O–H groups in total. The second kappa shape index (κ2) is 11.7. The van der Waals surface area contributed by atoms with Crippen LogP contribution in [0.5, 0.6) is 0 Å². The van der Waals surface area contributed by atoms with Crippen LogP contribution >= 0.6 is 27.5 Å². The third-order valence-electron chi connectivity index (χ3n) is 5.78. The fourth-order valence-corrected chi connectivity index (χ4v) is 5.74. The SMILES string of the molecule is O=C(NCCCNS(=O)(=O)c1cc(-c2nc(-c3ccc(Br)c(F)c3)c[nH]2)ccc1Cl)OC1CCCC1. The van der Waals surface area contributed by atoms with E-state index in [2.05, 4.69) is 35.9 Å². The van der Waals surface area contributed by atoms with Gasteiger partial charge in [0.25, 0.3) is 0 Å². The Morgan fingerprint density at radius 3 is 2.67 bits per heavy atom. The van der Waals surface area contributed by atoms with Crippen molar-refractivity contribution in [2.45, 2.75) is 43.1 Å². The Morgan fingerprint density at radius 2 is 1.92 bits per heavy atom. The van der Waals surface area contributed by atoms with E-state index in [9.17, 15) is 17.6 Å². The third kappa shape index (κ3) is 6.64. The molecular weight excluding hydrogens is 575 g/mol. The predicted octanol–water partition coefficient (Wildman–Crippen LogP) is 5.64. The van der Waals surface area contributed by atoms with Gasteiger partial charge in [0.15, 0.2) is 0 Å². The lowest BCUT2D eigenvalue weighted by atomic mass is 10.2. The molecule has 0 radical (unpaired) electrons. The molecule has 0 spiro atoms. The highest BCUT2D eigenvalue weighted by Gasteiger charge is 2.21. The van der Waals surface area contributed by atoms with Crippen LogP contribution in [0.4, 0.5) is 9.18 Å². The Bertz CT molecular complexity index is 1350. The van der Waals surface area contributed by atoms with E-state index in [0.717, 1.165) is 25.7 Å². The zero-order valence-corrected chi connectivity index (χ0v) is 22.3. The fraction of sp³-hybridized carbons (Fsp3) is 0.333. The lowest BCUT2D eigenvalue weighted by Crippen LogP contribution is -2.31. The van der Waals surface area contributed by atoms with Gasteiger partial charge in [0, 0.05) is 30.4 Å². The minimum atomic E-state index is -3.92. The number of alkyl carbamates (subject to hydrolysis) is 1. The van der Waals surface area contributed by atoms with E-state index in [1.807, 2.05) is 0 Å². The number of halogens is 3. The van der Waals surface area contributed by atoms with Crippen molar-refractivity contribution >= 4 is 43.6 Å². The monoisotopic (exact) mass is 598 g/mol. The van der Waals surface area contributed by atoms with E-state index in [1.165, 1.54) is 18.2 Å². The molecule has 2 aromatic carbocycles. The zero-order chi connectivity index (χ0) is 25.7. The second-order valence-electron chi connectivity index (χ2n) is 8.40. The number of nitrogens with zero attached hydrogens (tertiary/aromatic N) is 1. The molecule has 0 saturated heterocycles. The van der Waals surface area contributed by atoms with Gasteiger partial charge in [0.1, 0.15) is 22.6 Å². The Morgan fingerprint density at radius 1 is 1.17 bits per heavy atom. The van der Waals surface area contributed by atoms with E-state index in [-0.39, 0.29) is 29.1 Å². The van der Waals surface area contributed by atoms with E-state index in [0.29, 0.717) is 33.5 Å². The highest BCUT2D eigenvalue weighted by molar-refractivity contribution is 9.10. The number of H-pyrrole nitrogens is 1. The van der Waals surface area contributed by atoms with Crippen molar-refractivity contribution in [3.63, 3.8) is 0 Å². The van der Waals surface area contributed by atoms with Gasteiger partial charge < -0.3 is 15.0 Å². The summed E-state index contributed by atoms with van der Waals surface area (Å²) in [6, 6.07) is 9.21. The largest absolute Gasteiger partial charge is 0.446 e.